The molecular formula is C24H14Br3Cl3N4O2. The first-order valence-electron chi connectivity index (χ1n) is 10.1. The molecule has 5 aromatic rings. The second kappa shape index (κ2) is 11.8. The summed E-state index contributed by atoms with van der Waals surface area (Å²) in [6.45, 7) is 0. The monoisotopic (exact) mass is 732 g/mol. The van der Waals surface area contributed by atoms with Crippen LogP contribution in [0.5, 0.6) is 0 Å². The minimum Gasteiger partial charge on any atom is -0.417 e. The lowest BCUT2D eigenvalue weighted by molar-refractivity contribution is 0.493. The molecule has 184 valence electrons. The third-order valence-electron chi connectivity index (χ3n) is 4.59. The average Bonchev–Trinajstić information content (AvgIpc) is 3.54. The molecule has 0 spiro atoms. The van der Waals surface area contributed by atoms with Gasteiger partial charge in [-0.1, -0.05) is 102 Å². The normalized spacial score (nSPS) is 12.1. The Morgan fingerprint density at radius 2 is 1.33 bits per heavy atom. The number of nitrogens with zero attached hydrogens (tertiary/aromatic N) is 4. The fourth-order valence-electron chi connectivity index (χ4n) is 3.01. The molecule has 0 bridgehead atoms. The maximum atomic E-state index is 5.68. The van der Waals surface area contributed by atoms with Crippen LogP contribution in [0.15, 0.2) is 81.6 Å². The van der Waals surface area contributed by atoms with E-state index in [1.807, 2.05) is 66.7 Å². The van der Waals surface area contributed by atoms with Gasteiger partial charge in [-0.3, -0.25) is 0 Å². The molecule has 36 heavy (non-hydrogen) atoms. The highest BCUT2D eigenvalue weighted by Crippen LogP contribution is 2.44. The van der Waals surface area contributed by atoms with Crippen LogP contribution in [-0.4, -0.2) is 20.4 Å². The Kier molecular flexibility index (Phi) is 8.91. The van der Waals surface area contributed by atoms with Gasteiger partial charge < -0.3 is 8.83 Å². The van der Waals surface area contributed by atoms with Crippen LogP contribution in [-0.2, 0) is 5.94 Å². The van der Waals surface area contributed by atoms with Gasteiger partial charge in [0.15, 0.2) is 0 Å². The molecule has 0 amide bonds. The van der Waals surface area contributed by atoms with E-state index in [9.17, 15) is 0 Å². The number of fused-ring (bicyclic) bond motifs is 1. The summed E-state index contributed by atoms with van der Waals surface area (Å²) in [5.41, 5.74) is 1.94. The zero-order valence-electron chi connectivity index (χ0n) is 18.0. The van der Waals surface area contributed by atoms with Crippen molar-refractivity contribution in [2.24, 2.45) is 0 Å². The van der Waals surface area contributed by atoms with E-state index in [0.717, 1.165) is 21.9 Å². The molecular weight excluding hydrogens is 722 g/mol. The van der Waals surface area contributed by atoms with Crippen LogP contribution in [0.3, 0.4) is 0 Å². The molecule has 0 aliphatic rings. The molecule has 12 heteroatoms. The number of rotatable bonds is 3. The summed E-state index contributed by atoms with van der Waals surface area (Å²) < 4.78 is 8.46. The third kappa shape index (κ3) is 7.18. The highest BCUT2D eigenvalue weighted by molar-refractivity contribution is 9.38. The van der Waals surface area contributed by atoms with Gasteiger partial charge in [0.1, 0.15) is 0 Å². The minimum absolute atomic E-state index is 0.0461. The van der Waals surface area contributed by atoms with Gasteiger partial charge in [-0.25, -0.2) is 0 Å². The van der Waals surface area contributed by atoms with Crippen molar-refractivity contribution in [3.05, 3.63) is 96.0 Å². The number of aromatic nitrogens is 4. The lowest BCUT2D eigenvalue weighted by Gasteiger charge is -2.05. The Labute approximate surface area is 246 Å². The summed E-state index contributed by atoms with van der Waals surface area (Å²) in [6, 6.07) is 23.8. The Balaban J connectivity index is 0.000000170. The van der Waals surface area contributed by atoms with Crippen molar-refractivity contribution in [3.63, 3.8) is 0 Å². The summed E-state index contributed by atoms with van der Waals surface area (Å²) in [6.07, 6.45) is 3.48. The van der Waals surface area contributed by atoms with Crippen molar-refractivity contribution < 1.29 is 8.83 Å². The van der Waals surface area contributed by atoms with Crippen LogP contribution in [0.2, 0.25) is 0 Å². The van der Waals surface area contributed by atoms with Crippen molar-refractivity contribution in [1.82, 2.24) is 20.4 Å². The molecule has 0 unspecified atom stereocenters. The van der Waals surface area contributed by atoms with E-state index in [1.54, 1.807) is 6.08 Å². The highest BCUT2D eigenvalue weighted by Gasteiger charge is 2.30. The number of hydrogen-bond donors (Lipinski definition) is 0. The van der Waals surface area contributed by atoms with Gasteiger partial charge in [0.25, 0.3) is 15.6 Å². The second-order valence-corrected chi connectivity index (χ2v) is 16.2. The molecule has 2 heterocycles. The van der Waals surface area contributed by atoms with Gasteiger partial charge in [-0.2, -0.15) is 0 Å². The molecule has 5 rings (SSSR count). The summed E-state index contributed by atoms with van der Waals surface area (Å²) >= 11 is 26.9. The van der Waals surface area contributed by atoms with Crippen LogP contribution in [0.4, 0.5) is 0 Å². The van der Waals surface area contributed by atoms with E-state index in [0.29, 0.717) is 11.8 Å². The van der Waals surface area contributed by atoms with Gasteiger partial charge in [0.05, 0.1) is 0 Å². The van der Waals surface area contributed by atoms with E-state index in [2.05, 4.69) is 80.3 Å². The molecule has 0 fully saturated rings. The Hall–Kier alpha value is -1.75. The van der Waals surface area contributed by atoms with E-state index in [4.69, 9.17) is 43.6 Å². The van der Waals surface area contributed by atoms with E-state index in [-0.39, 0.29) is 11.8 Å². The fourth-order valence-corrected chi connectivity index (χ4v) is 3.72. The maximum absolute atomic E-state index is 5.68. The predicted octanol–water partition coefficient (Wildman–Crippen LogP) is 9.25. The Bertz CT molecular complexity index is 1470. The summed E-state index contributed by atoms with van der Waals surface area (Å²) in [5, 5.41) is 17.7. The molecule has 0 saturated carbocycles. The van der Waals surface area contributed by atoms with Crippen LogP contribution in [0, 0.1) is 0 Å². The quantitative estimate of drug-likeness (QED) is 0.172. The smallest absolute Gasteiger partial charge is 0.268 e. The predicted molar refractivity (Wildman–Crippen MR) is 155 cm³/mol. The van der Waals surface area contributed by atoms with Gasteiger partial charge in [0, 0.05) is 11.6 Å². The third-order valence-corrected chi connectivity index (χ3v) is 6.09. The molecule has 6 nitrogen and oxygen atoms in total. The zero-order valence-corrected chi connectivity index (χ0v) is 25.0. The molecule has 0 aliphatic carbocycles. The lowest BCUT2D eigenvalue weighted by atomic mass is 10.0. The first-order valence-corrected chi connectivity index (χ1v) is 13.7. The van der Waals surface area contributed by atoms with E-state index in [1.165, 1.54) is 0 Å². The zero-order chi connectivity index (χ0) is 25.8. The summed E-state index contributed by atoms with van der Waals surface area (Å²) in [4.78, 5) is 0. The van der Waals surface area contributed by atoms with Gasteiger partial charge in [-0.15, -0.1) is 20.4 Å². The number of hydrogen-bond acceptors (Lipinski definition) is 6. The van der Waals surface area contributed by atoms with Crippen LogP contribution in [0.1, 0.15) is 23.2 Å². The van der Waals surface area contributed by atoms with Crippen LogP contribution >= 0.6 is 82.6 Å². The lowest BCUT2D eigenvalue weighted by Crippen LogP contribution is -1.99. The molecule has 3 aromatic carbocycles. The molecule has 0 radical (unpaired) electrons. The molecule has 0 N–H and O–H groups in total. The van der Waals surface area contributed by atoms with E-state index < -0.39 is 5.94 Å². The van der Waals surface area contributed by atoms with Crippen LogP contribution < -0.4 is 0 Å². The highest BCUT2D eigenvalue weighted by atomic mass is 80.0. The first-order chi connectivity index (χ1) is 17.1. The molecule has 0 saturated heterocycles. The number of benzene rings is 3. The second-order valence-electron chi connectivity index (χ2n) is 7.12. The summed E-state index contributed by atoms with van der Waals surface area (Å²) in [5.74, 6) is 1.15. The Morgan fingerprint density at radius 1 is 0.667 bits per heavy atom. The standard InChI is InChI=1S/C13H7Br3N2O.C11H7Cl3N2O/c14-13(15,16)12-18-17-11(19-12)10-7-3-5-8-4-1-2-6-9(8)10;12-11(13,14)10-16-15-9(17-10)7-6-8-4-2-1-3-5-8/h1-7H;1-7H. The Morgan fingerprint density at radius 3 is 2.00 bits per heavy atom. The number of halogens is 6. The topological polar surface area (TPSA) is 77.8 Å². The van der Waals surface area contributed by atoms with Gasteiger partial charge in [0.2, 0.25) is 13.9 Å². The van der Waals surface area contributed by atoms with Crippen molar-refractivity contribution >= 4 is 106 Å². The average molecular weight is 736 g/mol. The first kappa shape index (κ1) is 27.3. The van der Waals surface area contributed by atoms with E-state index >= 15 is 0 Å². The van der Waals surface area contributed by atoms with Crippen molar-refractivity contribution in [2.45, 2.75) is 5.94 Å². The van der Waals surface area contributed by atoms with Crippen molar-refractivity contribution in [3.8, 4) is 11.5 Å². The van der Waals surface area contributed by atoms with Gasteiger partial charge in [-0.05, 0) is 76.3 Å². The maximum Gasteiger partial charge on any atom is 0.268 e. The fraction of sp³-hybridized carbons (Fsp3) is 0.0833. The minimum atomic E-state index is -1.69. The molecule has 0 atom stereocenters. The molecule has 0 aliphatic heterocycles. The van der Waals surface area contributed by atoms with Crippen molar-refractivity contribution in [2.75, 3.05) is 0 Å². The SMILES string of the molecule is BrC(Br)(Br)c1nnc(-c2cccc3ccccc23)o1.ClC(Cl)(Cl)c1nnc(C=Cc2ccccc2)o1. The summed E-state index contributed by atoms with van der Waals surface area (Å²) in [7, 11) is 0. The number of alkyl halides is 6. The largest absolute Gasteiger partial charge is 0.417 e. The van der Waals surface area contributed by atoms with Gasteiger partial charge >= 0.3 is 0 Å². The molecule has 2 aromatic heterocycles. The van der Waals surface area contributed by atoms with Crippen molar-refractivity contribution in [1.29, 1.82) is 0 Å². The van der Waals surface area contributed by atoms with Crippen LogP contribution in [0.25, 0.3) is 34.4 Å².